The summed E-state index contributed by atoms with van der Waals surface area (Å²) in [7, 11) is 0. The lowest BCUT2D eigenvalue weighted by Crippen LogP contribution is -2.19. The SMILES string of the molecule is CC1CCC2(C=CC(=O)CC2)C1. The smallest absolute Gasteiger partial charge is 0.155 e. The van der Waals surface area contributed by atoms with Gasteiger partial charge >= 0.3 is 0 Å². The van der Waals surface area contributed by atoms with Gasteiger partial charge in [-0.2, -0.15) is 0 Å². The molecule has 0 aromatic heterocycles. The Balaban J connectivity index is 2.13. The van der Waals surface area contributed by atoms with Crippen LogP contribution >= 0.6 is 0 Å². The highest BCUT2D eigenvalue weighted by Gasteiger charge is 2.36. The van der Waals surface area contributed by atoms with Gasteiger partial charge in [0.25, 0.3) is 0 Å². The minimum absolute atomic E-state index is 0.320. The number of allylic oxidation sites excluding steroid dienone is 2. The van der Waals surface area contributed by atoms with Crippen LogP contribution in [0.25, 0.3) is 0 Å². The quantitative estimate of drug-likeness (QED) is 0.538. The van der Waals surface area contributed by atoms with E-state index in [2.05, 4.69) is 13.0 Å². The fourth-order valence-electron chi connectivity index (χ4n) is 2.62. The van der Waals surface area contributed by atoms with E-state index in [1.807, 2.05) is 6.08 Å². The Bertz CT molecular complexity index is 229. The molecule has 0 N–H and O–H groups in total. The minimum Gasteiger partial charge on any atom is -0.295 e. The first kappa shape index (κ1) is 8.03. The average Bonchev–Trinajstić information content (AvgIpc) is 2.40. The van der Waals surface area contributed by atoms with Gasteiger partial charge in [0.15, 0.2) is 5.78 Å². The maximum absolute atomic E-state index is 11.0. The molecule has 2 atom stereocenters. The Labute approximate surface area is 73.8 Å². The zero-order valence-electron chi connectivity index (χ0n) is 7.68. The van der Waals surface area contributed by atoms with Gasteiger partial charge in [0.05, 0.1) is 0 Å². The van der Waals surface area contributed by atoms with Crippen molar-refractivity contribution in [2.75, 3.05) is 0 Å². The molecule has 66 valence electrons. The molecule has 0 aliphatic heterocycles. The van der Waals surface area contributed by atoms with Gasteiger partial charge in [0.2, 0.25) is 0 Å². The van der Waals surface area contributed by atoms with Gasteiger partial charge in [-0.1, -0.05) is 13.0 Å². The van der Waals surface area contributed by atoms with E-state index in [9.17, 15) is 4.79 Å². The van der Waals surface area contributed by atoms with Crippen molar-refractivity contribution in [2.45, 2.75) is 39.0 Å². The van der Waals surface area contributed by atoms with E-state index in [1.54, 1.807) is 0 Å². The van der Waals surface area contributed by atoms with Crippen molar-refractivity contribution in [1.29, 1.82) is 0 Å². The molecule has 1 saturated carbocycles. The lowest BCUT2D eigenvalue weighted by molar-refractivity contribution is -0.115. The number of carbonyl (C=O) groups excluding carboxylic acids is 1. The summed E-state index contributed by atoms with van der Waals surface area (Å²) in [5.41, 5.74) is 0.424. The summed E-state index contributed by atoms with van der Waals surface area (Å²) in [5, 5.41) is 0. The number of hydrogen-bond donors (Lipinski definition) is 0. The number of ketones is 1. The molecule has 1 spiro atoms. The first-order valence-corrected chi connectivity index (χ1v) is 4.92. The van der Waals surface area contributed by atoms with E-state index < -0.39 is 0 Å². The Kier molecular flexibility index (Phi) is 1.82. The van der Waals surface area contributed by atoms with Gasteiger partial charge in [-0.3, -0.25) is 4.79 Å². The molecule has 0 bridgehead atoms. The second-order valence-corrected chi connectivity index (χ2v) is 4.51. The highest BCUT2D eigenvalue weighted by atomic mass is 16.1. The molecule has 1 nitrogen and oxygen atoms in total. The molecule has 0 radical (unpaired) electrons. The largest absolute Gasteiger partial charge is 0.295 e. The van der Waals surface area contributed by atoms with Crippen LogP contribution < -0.4 is 0 Å². The highest BCUT2D eigenvalue weighted by molar-refractivity contribution is 5.90. The molecule has 0 amide bonds. The Morgan fingerprint density at radius 1 is 1.50 bits per heavy atom. The summed E-state index contributed by atoms with van der Waals surface area (Å²) >= 11 is 0. The van der Waals surface area contributed by atoms with Crippen LogP contribution in [-0.2, 0) is 4.79 Å². The van der Waals surface area contributed by atoms with E-state index in [4.69, 9.17) is 0 Å². The standard InChI is InChI=1S/C11H16O/c1-9-2-5-11(8-9)6-3-10(12)4-7-11/h3,6,9H,2,4-5,7-8H2,1H3. The number of hydrogen-bond acceptors (Lipinski definition) is 1. The minimum atomic E-state index is 0.320. The van der Waals surface area contributed by atoms with Gasteiger partial charge in [0.1, 0.15) is 0 Å². The van der Waals surface area contributed by atoms with Crippen LogP contribution in [0, 0.1) is 11.3 Å². The maximum Gasteiger partial charge on any atom is 0.155 e. The summed E-state index contributed by atoms with van der Waals surface area (Å²) in [5.74, 6) is 1.18. The van der Waals surface area contributed by atoms with Crippen LogP contribution in [0.2, 0.25) is 0 Å². The predicted octanol–water partition coefficient (Wildman–Crippen LogP) is 2.71. The van der Waals surface area contributed by atoms with Gasteiger partial charge in [-0.05, 0) is 43.1 Å². The second kappa shape index (κ2) is 2.72. The van der Waals surface area contributed by atoms with E-state index in [1.165, 1.54) is 19.3 Å². The topological polar surface area (TPSA) is 17.1 Å². The Hall–Kier alpha value is -0.590. The first-order chi connectivity index (χ1) is 5.70. The summed E-state index contributed by atoms with van der Waals surface area (Å²) in [6, 6.07) is 0. The third-order valence-electron chi connectivity index (χ3n) is 3.38. The Morgan fingerprint density at radius 3 is 2.83 bits per heavy atom. The van der Waals surface area contributed by atoms with Crippen LogP contribution in [0.4, 0.5) is 0 Å². The van der Waals surface area contributed by atoms with E-state index in [-0.39, 0.29) is 0 Å². The second-order valence-electron chi connectivity index (χ2n) is 4.51. The third-order valence-corrected chi connectivity index (χ3v) is 3.38. The molecule has 2 aliphatic carbocycles. The van der Waals surface area contributed by atoms with Gasteiger partial charge in [0, 0.05) is 6.42 Å². The summed E-state index contributed by atoms with van der Waals surface area (Å²) in [4.78, 5) is 11.0. The van der Waals surface area contributed by atoms with Gasteiger partial charge in [-0.15, -0.1) is 0 Å². The zero-order valence-corrected chi connectivity index (χ0v) is 7.68. The van der Waals surface area contributed by atoms with Crippen molar-refractivity contribution < 1.29 is 4.79 Å². The first-order valence-electron chi connectivity index (χ1n) is 4.92. The highest BCUT2D eigenvalue weighted by Crippen LogP contribution is 2.47. The third kappa shape index (κ3) is 1.33. The van der Waals surface area contributed by atoms with Crippen molar-refractivity contribution >= 4 is 5.78 Å². The van der Waals surface area contributed by atoms with Crippen molar-refractivity contribution in [1.82, 2.24) is 0 Å². The van der Waals surface area contributed by atoms with Gasteiger partial charge in [-0.25, -0.2) is 0 Å². The molecule has 1 heteroatoms. The average molecular weight is 164 g/mol. The lowest BCUT2D eigenvalue weighted by Gasteiger charge is -2.27. The fraction of sp³-hybridized carbons (Fsp3) is 0.727. The van der Waals surface area contributed by atoms with Crippen molar-refractivity contribution in [3.8, 4) is 0 Å². The molecule has 0 saturated heterocycles. The molecule has 2 aliphatic rings. The molecule has 1 fully saturated rings. The van der Waals surface area contributed by atoms with E-state index in [0.717, 1.165) is 18.8 Å². The summed E-state index contributed by atoms with van der Waals surface area (Å²) < 4.78 is 0. The number of carbonyl (C=O) groups is 1. The van der Waals surface area contributed by atoms with Crippen molar-refractivity contribution in [3.05, 3.63) is 12.2 Å². The molecular formula is C11H16O. The zero-order chi connectivity index (χ0) is 8.60. The number of rotatable bonds is 0. The fourth-order valence-corrected chi connectivity index (χ4v) is 2.62. The molecule has 0 heterocycles. The normalized spacial score (nSPS) is 41.1. The monoisotopic (exact) mass is 164 g/mol. The van der Waals surface area contributed by atoms with Crippen molar-refractivity contribution in [2.24, 2.45) is 11.3 Å². The Morgan fingerprint density at radius 2 is 2.33 bits per heavy atom. The van der Waals surface area contributed by atoms with Crippen LogP contribution in [0.1, 0.15) is 39.0 Å². The molecular weight excluding hydrogens is 148 g/mol. The van der Waals surface area contributed by atoms with E-state index >= 15 is 0 Å². The maximum atomic E-state index is 11.0. The van der Waals surface area contributed by atoms with E-state index in [0.29, 0.717) is 11.2 Å². The van der Waals surface area contributed by atoms with Crippen molar-refractivity contribution in [3.63, 3.8) is 0 Å². The summed E-state index contributed by atoms with van der Waals surface area (Å²) in [6.07, 6.45) is 9.83. The molecule has 12 heavy (non-hydrogen) atoms. The predicted molar refractivity (Wildman–Crippen MR) is 48.8 cm³/mol. The lowest BCUT2D eigenvalue weighted by atomic mass is 9.77. The molecule has 2 rings (SSSR count). The van der Waals surface area contributed by atoms with Gasteiger partial charge < -0.3 is 0 Å². The summed E-state index contributed by atoms with van der Waals surface area (Å²) in [6.45, 7) is 2.32. The van der Waals surface area contributed by atoms with Crippen LogP contribution in [0.3, 0.4) is 0 Å². The van der Waals surface area contributed by atoms with Crippen LogP contribution in [0.5, 0.6) is 0 Å². The molecule has 2 unspecified atom stereocenters. The van der Waals surface area contributed by atoms with Crippen LogP contribution in [0.15, 0.2) is 12.2 Å². The molecule has 0 aromatic carbocycles. The molecule has 0 aromatic rings. The van der Waals surface area contributed by atoms with Crippen LogP contribution in [-0.4, -0.2) is 5.78 Å².